The van der Waals surface area contributed by atoms with E-state index in [4.69, 9.17) is 11.6 Å². The highest BCUT2D eigenvalue weighted by molar-refractivity contribution is 6.21. The van der Waals surface area contributed by atoms with Crippen molar-refractivity contribution in [3.8, 4) is 0 Å². The Morgan fingerprint density at radius 2 is 2.00 bits per heavy atom. The van der Waals surface area contributed by atoms with Gasteiger partial charge in [-0.25, -0.2) is 0 Å². The second kappa shape index (κ2) is 5.86. The molecule has 2 aromatic carbocycles. The molecule has 2 unspecified atom stereocenters. The van der Waals surface area contributed by atoms with E-state index in [9.17, 15) is 10.1 Å². The van der Waals surface area contributed by atoms with Crippen LogP contribution < -0.4 is 0 Å². The van der Waals surface area contributed by atoms with Gasteiger partial charge < -0.3 is 0 Å². The summed E-state index contributed by atoms with van der Waals surface area (Å²) in [6.07, 6.45) is 2.83. The van der Waals surface area contributed by atoms with Gasteiger partial charge in [-0.1, -0.05) is 36.4 Å². The first-order chi connectivity index (χ1) is 10.1. The van der Waals surface area contributed by atoms with Gasteiger partial charge in [0.1, 0.15) is 0 Å². The van der Waals surface area contributed by atoms with Crippen LogP contribution in [0.4, 0.5) is 5.69 Å². The van der Waals surface area contributed by atoms with Gasteiger partial charge >= 0.3 is 0 Å². The number of rotatable bonds is 3. The molecule has 0 saturated heterocycles. The van der Waals surface area contributed by atoms with Crippen molar-refractivity contribution in [3.05, 3.63) is 75.3 Å². The fourth-order valence-corrected chi connectivity index (χ4v) is 3.51. The van der Waals surface area contributed by atoms with Crippen molar-refractivity contribution in [3.63, 3.8) is 0 Å². The average molecular weight is 302 g/mol. The maximum atomic E-state index is 10.9. The van der Waals surface area contributed by atoms with Crippen molar-refractivity contribution in [1.29, 1.82) is 0 Å². The van der Waals surface area contributed by atoms with Gasteiger partial charge in [0, 0.05) is 12.1 Å². The van der Waals surface area contributed by atoms with Gasteiger partial charge in [0.25, 0.3) is 5.69 Å². The summed E-state index contributed by atoms with van der Waals surface area (Å²) in [6.45, 7) is 0. The summed E-state index contributed by atoms with van der Waals surface area (Å²) in [5, 5.41) is 10.8. The van der Waals surface area contributed by atoms with Crippen molar-refractivity contribution in [2.24, 2.45) is 5.92 Å². The van der Waals surface area contributed by atoms with Gasteiger partial charge in [-0.05, 0) is 41.9 Å². The minimum Gasteiger partial charge on any atom is -0.258 e. The lowest BCUT2D eigenvalue weighted by Gasteiger charge is -2.29. The highest BCUT2D eigenvalue weighted by atomic mass is 35.5. The standard InChI is InChI=1S/C17H16ClNO2/c18-17-14(9-8-13-5-1-2-7-16(13)17)10-12-4-3-6-15(11-12)19(20)21/h1-7,11,14,17H,8-10H2. The molecule has 0 aliphatic heterocycles. The van der Waals surface area contributed by atoms with Crippen LogP contribution in [0.15, 0.2) is 48.5 Å². The Morgan fingerprint density at radius 1 is 1.19 bits per heavy atom. The molecule has 1 aliphatic carbocycles. The van der Waals surface area contributed by atoms with E-state index in [-0.39, 0.29) is 16.0 Å². The molecule has 2 atom stereocenters. The molecule has 2 aromatic rings. The first kappa shape index (κ1) is 14.1. The van der Waals surface area contributed by atoms with Gasteiger partial charge in [-0.3, -0.25) is 10.1 Å². The molecule has 0 N–H and O–H groups in total. The number of nitro benzene ring substituents is 1. The minimum absolute atomic E-state index is 0.0192. The van der Waals surface area contributed by atoms with Crippen molar-refractivity contribution in [1.82, 2.24) is 0 Å². The predicted molar refractivity (Wildman–Crippen MR) is 83.6 cm³/mol. The normalized spacial score (nSPS) is 20.8. The molecule has 0 fully saturated rings. The number of fused-ring (bicyclic) bond motifs is 1. The molecule has 0 bridgehead atoms. The smallest absolute Gasteiger partial charge is 0.258 e. The van der Waals surface area contributed by atoms with Crippen LogP contribution in [-0.4, -0.2) is 4.92 Å². The number of nitrogens with zero attached hydrogens (tertiary/aromatic N) is 1. The summed E-state index contributed by atoms with van der Waals surface area (Å²) in [4.78, 5) is 10.5. The third-order valence-electron chi connectivity index (χ3n) is 4.17. The van der Waals surface area contributed by atoms with Crippen LogP contribution in [-0.2, 0) is 12.8 Å². The Labute approximate surface area is 128 Å². The number of hydrogen-bond acceptors (Lipinski definition) is 2. The van der Waals surface area contributed by atoms with Crippen LogP contribution in [0, 0.1) is 16.0 Å². The molecular weight excluding hydrogens is 286 g/mol. The number of alkyl halides is 1. The lowest BCUT2D eigenvalue weighted by Crippen LogP contribution is -2.19. The van der Waals surface area contributed by atoms with Crippen molar-refractivity contribution < 1.29 is 4.92 Å². The van der Waals surface area contributed by atoms with Gasteiger partial charge in [0.15, 0.2) is 0 Å². The Balaban J connectivity index is 1.80. The molecule has 3 rings (SSSR count). The number of benzene rings is 2. The minimum atomic E-state index is -0.349. The zero-order chi connectivity index (χ0) is 14.8. The Kier molecular flexibility index (Phi) is 3.93. The Bertz CT molecular complexity index is 671. The predicted octanol–water partition coefficient (Wildman–Crippen LogP) is 4.68. The van der Waals surface area contributed by atoms with Crippen LogP contribution in [0.2, 0.25) is 0 Å². The SMILES string of the molecule is O=[N+]([O-])c1cccc(CC2CCc3ccccc3C2Cl)c1. The fraction of sp³-hybridized carbons (Fsp3) is 0.294. The molecule has 0 saturated carbocycles. The first-order valence-corrected chi connectivity index (χ1v) is 7.54. The molecule has 0 amide bonds. The van der Waals surface area contributed by atoms with Crippen LogP contribution in [0.5, 0.6) is 0 Å². The number of halogens is 1. The quantitative estimate of drug-likeness (QED) is 0.469. The third-order valence-corrected chi connectivity index (χ3v) is 4.76. The van der Waals surface area contributed by atoms with E-state index in [0.717, 1.165) is 24.8 Å². The molecule has 4 heteroatoms. The summed E-state index contributed by atoms with van der Waals surface area (Å²) >= 11 is 6.63. The molecule has 21 heavy (non-hydrogen) atoms. The maximum Gasteiger partial charge on any atom is 0.269 e. The second-order valence-corrected chi connectivity index (χ2v) is 6.00. The maximum absolute atomic E-state index is 10.9. The van der Waals surface area contributed by atoms with Gasteiger partial charge in [-0.2, -0.15) is 0 Å². The second-order valence-electron chi connectivity index (χ2n) is 5.53. The van der Waals surface area contributed by atoms with Gasteiger partial charge in [0.05, 0.1) is 10.3 Å². The van der Waals surface area contributed by atoms with E-state index < -0.39 is 0 Å². The molecule has 0 heterocycles. The molecule has 0 spiro atoms. The van der Waals surface area contributed by atoms with E-state index in [0.29, 0.717) is 5.92 Å². The van der Waals surface area contributed by atoms with Gasteiger partial charge in [0.2, 0.25) is 0 Å². The number of non-ortho nitro benzene ring substituents is 1. The molecule has 108 valence electrons. The van der Waals surface area contributed by atoms with Crippen molar-refractivity contribution in [2.45, 2.75) is 24.6 Å². The molecule has 0 radical (unpaired) electrons. The summed E-state index contributed by atoms with van der Waals surface area (Å²) in [5.41, 5.74) is 3.67. The Morgan fingerprint density at radius 3 is 2.81 bits per heavy atom. The van der Waals surface area contributed by atoms with Crippen molar-refractivity contribution in [2.75, 3.05) is 0 Å². The van der Waals surface area contributed by atoms with E-state index in [2.05, 4.69) is 12.1 Å². The highest BCUT2D eigenvalue weighted by Gasteiger charge is 2.27. The number of aryl methyl sites for hydroxylation is 1. The summed E-state index contributed by atoms with van der Waals surface area (Å²) in [5.74, 6) is 0.323. The fourth-order valence-electron chi connectivity index (χ4n) is 3.08. The summed E-state index contributed by atoms with van der Waals surface area (Å²) in [6, 6.07) is 15.2. The lowest BCUT2D eigenvalue weighted by molar-refractivity contribution is -0.384. The first-order valence-electron chi connectivity index (χ1n) is 7.10. The van der Waals surface area contributed by atoms with Crippen LogP contribution >= 0.6 is 11.6 Å². The van der Waals surface area contributed by atoms with Gasteiger partial charge in [-0.15, -0.1) is 11.6 Å². The average Bonchev–Trinajstić information content (AvgIpc) is 2.51. The highest BCUT2D eigenvalue weighted by Crippen LogP contribution is 2.40. The summed E-state index contributed by atoms with van der Waals surface area (Å²) < 4.78 is 0. The monoisotopic (exact) mass is 301 g/mol. The number of nitro groups is 1. The van der Waals surface area contributed by atoms with Crippen LogP contribution in [0.25, 0.3) is 0 Å². The van der Waals surface area contributed by atoms with E-state index in [1.165, 1.54) is 17.2 Å². The molecule has 0 aromatic heterocycles. The molecule has 1 aliphatic rings. The lowest BCUT2D eigenvalue weighted by atomic mass is 9.80. The van der Waals surface area contributed by atoms with Crippen molar-refractivity contribution >= 4 is 17.3 Å². The summed E-state index contributed by atoms with van der Waals surface area (Å²) in [7, 11) is 0. The van der Waals surface area contributed by atoms with Crippen LogP contribution in [0.1, 0.15) is 28.5 Å². The van der Waals surface area contributed by atoms with E-state index >= 15 is 0 Å². The van der Waals surface area contributed by atoms with E-state index in [1.54, 1.807) is 12.1 Å². The largest absolute Gasteiger partial charge is 0.269 e. The molecule has 3 nitrogen and oxygen atoms in total. The number of hydrogen-bond donors (Lipinski definition) is 0. The zero-order valence-electron chi connectivity index (χ0n) is 11.5. The zero-order valence-corrected chi connectivity index (χ0v) is 12.3. The Hall–Kier alpha value is -1.87. The van der Waals surface area contributed by atoms with E-state index in [1.807, 2.05) is 18.2 Å². The third kappa shape index (κ3) is 2.93. The topological polar surface area (TPSA) is 43.1 Å². The van der Waals surface area contributed by atoms with Crippen LogP contribution in [0.3, 0.4) is 0 Å². The molecular formula is C17H16ClNO2.